The van der Waals surface area contributed by atoms with E-state index >= 15 is 0 Å². The molecule has 1 aromatic rings. The summed E-state index contributed by atoms with van der Waals surface area (Å²) in [7, 11) is 2.08. The van der Waals surface area contributed by atoms with Gasteiger partial charge in [0.1, 0.15) is 0 Å². The molecule has 1 aromatic carbocycles. The zero-order chi connectivity index (χ0) is 12.0. The third kappa shape index (κ3) is 3.58. The minimum Gasteiger partial charge on any atom is -0.349 e. The minimum atomic E-state index is 1.01. The van der Waals surface area contributed by atoms with Crippen LogP contribution in [0.1, 0.15) is 25.3 Å². The van der Waals surface area contributed by atoms with Crippen molar-refractivity contribution in [3.05, 3.63) is 54.3 Å². The average molecular weight is 215 g/mol. The first-order chi connectivity index (χ1) is 7.65. The molecule has 0 atom stereocenters. The van der Waals surface area contributed by atoms with E-state index in [4.69, 9.17) is 0 Å². The molecular formula is C15H21N. The van der Waals surface area contributed by atoms with E-state index in [1.54, 1.807) is 0 Å². The van der Waals surface area contributed by atoms with E-state index in [9.17, 15) is 0 Å². The molecule has 1 rings (SSSR count). The molecule has 16 heavy (non-hydrogen) atoms. The van der Waals surface area contributed by atoms with Gasteiger partial charge in [-0.05, 0) is 44.4 Å². The SMILES string of the molecule is C=C(CCC=CC)N(C)c1cccc(C)c1. The molecule has 0 N–H and O–H groups in total. The summed E-state index contributed by atoms with van der Waals surface area (Å²) in [6.07, 6.45) is 6.33. The number of rotatable bonds is 5. The molecule has 0 fully saturated rings. The van der Waals surface area contributed by atoms with Crippen molar-refractivity contribution < 1.29 is 0 Å². The summed E-state index contributed by atoms with van der Waals surface area (Å²) in [4.78, 5) is 2.16. The third-order valence-corrected chi connectivity index (χ3v) is 2.70. The van der Waals surface area contributed by atoms with Gasteiger partial charge in [0.15, 0.2) is 0 Å². The summed E-state index contributed by atoms with van der Waals surface area (Å²) in [5, 5.41) is 0. The van der Waals surface area contributed by atoms with Gasteiger partial charge in [-0.2, -0.15) is 0 Å². The Balaban J connectivity index is 2.63. The normalized spacial score (nSPS) is 10.7. The van der Waals surface area contributed by atoms with Crippen molar-refractivity contribution >= 4 is 5.69 Å². The summed E-state index contributed by atoms with van der Waals surface area (Å²) in [6.45, 7) is 8.28. The van der Waals surface area contributed by atoms with Crippen LogP contribution in [-0.2, 0) is 0 Å². The molecule has 0 bridgehead atoms. The highest BCUT2D eigenvalue weighted by molar-refractivity contribution is 5.52. The molecule has 1 nitrogen and oxygen atoms in total. The summed E-state index contributed by atoms with van der Waals surface area (Å²) in [6, 6.07) is 8.50. The van der Waals surface area contributed by atoms with Crippen molar-refractivity contribution in [3.63, 3.8) is 0 Å². The third-order valence-electron chi connectivity index (χ3n) is 2.70. The summed E-state index contributed by atoms with van der Waals surface area (Å²) < 4.78 is 0. The van der Waals surface area contributed by atoms with Crippen LogP contribution in [0.25, 0.3) is 0 Å². The lowest BCUT2D eigenvalue weighted by molar-refractivity contribution is 0.914. The molecule has 0 heterocycles. The molecule has 86 valence electrons. The molecule has 0 amide bonds. The van der Waals surface area contributed by atoms with E-state index in [-0.39, 0.29) is 0 Å². The second kappa shape index (κ2) is 6.16. The quantitative estimate of drug-likeness (QED) is 0.662. The first kappa shape index (κ1) is 12.6. The number of nitrogens with zero attached hydrogens (tertiary/aromatic N) is 1. The van der Waals surface area contributed by atoms with E-state index in [0.717, 1.165) is 18.5 Å². The van der Waals surface area contributed by atoms with Gasteiger partial charge in [0.25, 0.3) is 0 Å². The fourth-order valence-corrected chi connectivity index (χ4v) is 1.60. The summed E-state index contributed by atoms with van der Waals surface area (Å²) >= 11 is 0. The van der Waals surface area contributed by atoms with Gasteiger partial charge in [-0.25, -0.2) is 0 Å². The second-order valence-corrected chi connectivity index (χ2v) is 4.07. The highest BCUT2D eigenvalue weighted by atomic mass is 15.1. The maximum absolute atomic E-state index is 4.12. The number of hydrogen-bond donors (Lipinski definition) is 0. The molecule has 0 saturated heterocycles. The van der Waals surface area contributed by atoms with E-state index in [1.165, 1.54) is 11.3 Å². The lowest BCUT2D eigenvalue weighted by Gasteiger charge is -2.22. The van der Waals surface area contributed by atoms with Crippen molar-refractivity contribution in [3.8, 4) is 0 Å². The molecule has 0 saturated carbocycles. The predicted octanol–water partition coefficient (Wildman–Crippen LogP) is 4.30. The Labute approximate surface area is 99.1 Å². The lowest BCUT2D eigenvalue weighted by Crippen LogP contribution is -2.15. The monoisotopic (exact) mass is 215 g/mol. The highest BCUT2D eigenvalue weighted by Gasteiger charge is 2.03. The van der Waals surface area contributed by atoms with Gasteiger partial charge in [0.2, 0.25) is 0 Å². The van der Waals surface area contributed by atoms with Crippen molar-refractivity contribution in [2.45, 2.75) is 26.7 Å². The van der Waals surface area contributed by atoms with Crippen molar-refractivity contribution in [2.24, 2.45) is 0 Å². The smallest absolute Gasteiger partial charge is 0.0408 e. The lowest BCUT2D eigenvalue weighted by atomic mass is 10.2. The van der Waals surface area contributed by atoms with E-state index in [0.29, 0.717) is 0 Å². The Hall–Kier alpha value is -1.50. The zero-order valence-corrected chi connectivity index (χ0v) is 10.5. The summed E-state index contributed by atoms with van der Waals surface area (Å²) in [5.74, 6) is 0. The van der Waals surface area contributed by atoms with Crippen LogP contribution < -0.4 is 4.90 Å². The van der Waals surface area contributed by atoms with Crippen LogP contribution in [0.2, 0.25) is 0 Å². The Morgan fingerprint density at radius 3 is 2.81 bits per heavy atom. The predicted molar refractivity (Wildman–Crippen MR) is 72.8 cm³/mol. The Kier molecular flexibility index (Phi) is 4.84. The van der Waals surface area contributed by atoms with Crippen LogP contribution >= 0.6 is 0 Å². The number of anilines is 1. The van der Waals surface area contributed by atoms with Crippen molar-refractivity contribution in [2.75, 3.05) is 11.9 Å². The maximum Gasteiger partial charge on any atom is 0.0408 e. The van der Waals surface area contributed by atoms with Crippen LogP contribution in [0.5, 0.6) is 0 Å². The van der Waals surface area contributed by atoms with Crippen LogP contribution in [-0.4, -0.2) is 7.05 Å². The fraction of sp³-hybridized carbons (Fsp3) is 0.333. The molecule has 0 aliphatic heterocycles. The Morgan fingerprint density at radius 2 is 2.19 bits per heavy atom. The van der Waals surface area contributed by atoms with Crippen LogP contribution in [0.3, 0.4) is 0 Å². The minimum absolute atomic E-state index is 1.01. The standard InChI is InChI=1S/C15H21N/c1-5-6-7-10-14(3)16(4)15-11-8-9-13(2)12-15/h5-6,8-9,11-12H,3,7,10H2,1-2,4H3. The Bertz CT molecular complexity index is 377. The second-order valence-electron chi connectivity index (χ2n) is 4.07. The van der Waals surface area contributed by atoms with E-state index < -0.39 is 0 Å². The fourth-order valence-electron chi connectivity index (χ4n) is 1.60. The number of allylic oxidation sites excluding steroid dienone is 3. The van der Waals surface area contributed by atoms with Gasteiger partial charge in [-0.3, -0.25) is 0 Å². The molecule has 0 spiro atoms. The maximum atomic E-state index is 4.12. The molecule has 1 heteroatoms. The van der Waals surface area contributed by atoms with Gasteiger partial charge in [-0.15, -0.1) is 0 Å². The number of aryl methyl sites for hydroxylation is 1. The molecular weight excluding hydrogens is 194 g/mol. The van der Waals surface area contributed by atoms with Gasteiger partial charge >= 0.3 is 0 Å². The van der Waals surface area contributed by atoms with Crippen molar-refractivity contribution in [1.82, 2.24) is 0 Å². The first-order valence-corrected chi connectivity index (χ1v) is 5.74. The topological polar surface area (TPSA) is 3.24 Å². The van der Waals surface area contributed by atoms with Gasteiger partial charge in [0, 0.05) is 18.4 Å². The van der Waals surface area contributed by atoms with E-state index in [2.05, 4.69) is 61.9 Å². The average Bonchev–Trinajstić information content (AvgIpc) is 2.28. The van der Waals surface area contributed by atoms with E-state index in [1.807, 2.05) is 6.92 Å². The first-order valence-electron chi connectivity index (χ1n) is 5.74. The van der Waals surface area contributed by atoms with Gasteiger partial charge < -0.3 is 4.90 Å². The zero-order valence-electron chi connectivity index (χ0n) is 10.5. The van der Waals surface area contributed by atoms with Crippen LogP contribution in [0.15, 0.2) is 48.7 Å². The van der Waals surface area contributed by atoms with Gasteiger partial charge in [-0.1, -0.05) is 30.9 Å². The molecule has 0 unspecified atom stereocenters. The van der Waals surface area contributed by atoms with Gasteiger partial charge in [0.05, 0.1) is 0 Å². The Morgan fingerprint density at radius 1 is 1.44 bits per heavy atom. The molecule has 0 aromatic heterocycles. The summed E-state index contributed by atoms with van der Waals surface area (Å²) in [5.41, 5.74) is 3.65. The van der Waals surface area contributed by atoms with Crippen molar-refractivity contribution in [1.29, 1.82) is 0 Å². The highest BCUT2D eigenvalue weighted by Crippen LogP contribution is 2.20. The molecule has 0 radical (unpaired) electrons. The largest absolute Gasteiger partial charge is 0.349 e. The molecule has 0 aliphatic carbocycles. The number of hydrogen-bond acceptors (Lipinski definition) is 1. The van der Waals surface area contributed by atoms with Crippen LogP contribution in [0.4, 0.5) is 5.69 Å². The van der Waals surface area contributed by atoms with Crippen LogP contribution in [0, 0.1) is 6.92 Å². The molecule has 0 aliphatic rings. The number of benzene rings is 1.